The van der Waals surface area contributed by atoms with Crippen LogP contribution in [0.1, 0.15) is 0 Å². The van der Waals surface area contributed by atoms with Crippen molar-refractivity contribution in [3.8, 4) is 0 Å². The molecular formula is CrFeO4. The van der Waals surface area contributed by atoms with Gasteiger partial charge >= 0.3 is 45.1 Å². The van der Waals surface area contributed by atoms with E-state index in [1.54, 1.807) is 0 Å². The summed E-state index contributed by atoms with van der Waals surface area (Å²) < 4.78 is 33.6. The van der Waals surface area contributed by atoms with Crippen molar-refractivity contribution in [2.24, 2.45) is 0 Å². The second-order valence-corrected chi connectivity index (χ2v) is 0.842. The van der Waals surface area contributed by atoms with E-state index in [-0.39, 0.29) is 0 Å². The summed E-state index contributed by atoms with van der Waals surface area (Å²) in [6.07, 6.45) is 0. The average molecular weight is 172 g/mol. The first-order chi connectivity index (χ1) is 2.73. The average Bonchev–Trinajstić information content (AvgIpc) is 1.41. The van der Waals surface area contributed by atoms with Crippen LogP contribution in [0.2, 0.25) is 0 Å². The predicted octanol–water partition coefficient (Wildman–Crippen LogP) is -0.480. The van der Waals surface area contributed by atoms with Crippen molar-refractivity contribution in [3.63, 3.8) is 0 Å². The van der Waals surface area contributed by atoms with Gasteiger partial charge in [0.15, 0.2) is 0 Å². The molecule has 0 aromatic rings. The Bertz CT molecular complexity index is 87.7. The van der Waals surface area contributed by atoms with Crippen LogP contribution < -0.4 is 0 Å². The van der Waals surface area contributed by atoms with E-state index in [0.29, 0.717) is 0 Å². The van der Waals surface area contributed by atoms with Gasteiger partial charge in [-0.25, -0.2) is 0 Å². The Morgan fingerprint density at radius 1 is 1.00 bits per heavy atom. The van der Waals surface area contributed by atoms with Gasteiger partial charge in [0.2, 0.25) is 0 Å². The molecule has 0 aliphatic rings. The van der Waals surface area contributed by atoms with Gasteiger partial charge in [-0.1, -0.05) is 0 Å². The van der Waals surface area contributed by atoms with E-state index in [2.05, 4.69) is 0 Å². The minimum atomic E-state index is -3.79. The number of hydrogen-bond acceptors (Lipinski definition) is 4. The van der Waals surface area contributed by atoms with Gasteiger partial charge in [-0.3, -0.25) is 0 Å². The zero-order chi connectivity index (χ0) is 5.58. The van der Waals surface area contributed by atoms with E-state index in [1.807, 2.05) is 15.9 Å². The molecule has 0 heterocycles. The fraction of sp³-hybridized carbons (Fsp3) is 0. The molecular weight excluding hydrogens is 172 g/mol. The molecule has 0 aromatic carbocycles. The van der Waals surface area contributed by atoms with Gasteiger partial charge in [0.25, 0.3) is 0 Å². The minimum absolute atomic E-state index is 2.00. The van der Waals surface area contributed by atoms with E-state index in [0.717, 1.165) is 0 Å². The van der Waals surface area contributed by atoms with Crippen molar-refractivity contribution in [2.75, 3.05) is 0 Å². The van der Waals surface area contributed by atoms with Gasteiger partial charge in [0.1, 0.15) is 0 Å². The second-order valence-electron chi connectivity index (χ2n) is 0.204. The first-order valence-electron chi connectivity index (χ1n) is 0.644. The summed E-state index contributed by atoms with van der Waals surface area (Å²) in [5.74, 6) is 0. The van der Waals surface area contributed by atoms with Crippen molar-refractivity contribution in [2.45, 2.75) is 0 Å². The van der Waals surface area contributed by atoms with Crippen molar-refractivity contribution in [1.82, 2.24) is 0 Å². The van der Waals surface area contributed by atoms with E-state index in [9.17, 15) is 0 Å². The predicted molar refractivity (Wildman–Crippen MR) is 2.75 cm³/mol. The van der Waals surface area contributed by atoms with Gasteiger partial charge < -0.3 is 0 Å². The van der Waals surface area contributed by atoms with Crippen molar-refractivity contribution < 1.29 is 45.1 Å². The van der Waals surface area contributed by atoms with Gasteiger partial charge in [-0.15, -0.1) is 0 Å². The molecule has 0 atom stereocenters. The Hall–Kier alpha value is 0.252. The van der Waals surface area contributed by atoms with Gasteiger partial charge in [0, 0.05) is 0 Å². The van der Waals surface area contributed by atoms with Gasteiger partial charge in [-0.2, -0.15) is 0 Å². The second kappa shape index (κ2) is 8.98. The molecule has 0 saturated heterocycles. The van der Waals surface area contributed by atoms with Crippen LogP contribution in [0.15, 0.2) is 0 Å². The molecule has 0 unspecified atom stereocenters. The van der Waals surface area contributed by atoms with E-state index >= 15 is 0 Å². The van der Waals surface area contributed by atoms with Crippen LogP contribution in [0.4, 0.5) is 0 Å². The molecule has 0 bridgehead atoms. The first-order valence-corrected chi connectivity index (χ1v) is 2.66. The standard InChI is InChI=1S/Cr.Fe.4O. The summed E-state index contributed by atoms with van der Waals surface area (Å²) in [7, 11) is 0. The molecule has 0 N–H and O–H groups in total. The molecule has 0 rings (SSSR count). The topological polar surface area (TPSA) is 68.3 Å². The van der Waals surface area contributed by atoms with Gasteiger partial charge in [-0.05, 0) is 0 Å². The normalized spacial score (nSPS) is 4.83. The summed E-state index contributed by atoms with van der Waals surface area (Å²) in [6.45, 7) is 0. The molecule has 0 spiro atoms. The quantitative estimate of drug-likeness (QED) is 0.462. The maximum atomic E-state index is 8.54. The Kier molecular flexibility index (Phi) is 14.3. The van der Waals surface area contributed by atoms with Crippen LogP contribution in [-0.4, -0.2) is 0 Å². The van der Waals surface area contributed by atoms with Crippen molar-refractivity contribution in [3.05, 3.63) is 0 Å². The Morgan fingerprint density at radius 3 is 1.00 bits per heavy atom. The monoisotopic (exact) mass is 172 g/mol. The molecule has 0 amide bonds. The SMILES string of the molecule is [O]=[Cr](=[O])=[O].[O]=[Fe]. The zero-order valence-corrected chi connectivity index (χ0v) is 4.77. The van der Waals surface area contributed by atoms with Crippen LogP contribution in [0, 0.1) is 0 Å². The summed E-state index contributed by atoms with van der Waals surface area (Å²) in [4.78, 5) is 0. The van der Waals surface area contributed by atoms with Crippen LogP contribution >= 0.6 is 0 Å². The maximum absolute atomic E-state index is 8.54. The van der Waals surface area contributed by atoms with E-state index in [1.165, 1.54) is 0 Å². The number of rotatable bonds is 0. The molecule has 0 aliphatic carbocycles. The van der Waals surface area contributed by atoms with E-state index < -0.39 is 14.0 Å². The third kappa shape index (κ3) is 708. The molecule has 0 saturated carbocycles. The Labute approximate surface area is 45.6 Å². The number of hydrogen-bond donors (Lipinski definition) is 0. The molecule has 38 valence electrons. The Balaban J connectivity index is 0. The molecule has 6 heavy (non-hydrogen) atoms. The molecule has 6 heteroatoms. The van der Waals surface area contributed by atoms with Crippen LogP contribution in [-0.2, 0) is 45.1 Å². The summed E-state index contributed by atoms with van der Waals surface area (Å²) in [5.41, 5.74) is 0. The third-order valence-corrected chi connectivity index (χ3v) is 0. The summed E-state index contributed by atoms with van der Waals surface area (Å²) in [5, 5.41) is 0. The molecule has 4 nitrogen and oxygen atoms in total. The third-order valence-electron chi connectivity index (χ3n) is 0. The van der Waals surface area contributed by atoms with Crippen molar-refractivity contribution in [1.29, 1.82) is 0 Å². The van der Waals surface area contributed by atoms with Crippen LogP contribution in [0.25, 0.3) is 0 Å². The first kappa shape index (κ1) is 9.54. The summed E-state index contributed by atoms with van der Waals surface area (Å²) in [6, 6.07) is 0. The molecule has 0 aromatic heterocycles. The van der Waals surface area contributed by atoms with Gasteiger partial charge in [0.05, 0.1) is 0 Å². The fourth-order valence-corrected chi connectivity index (χ4v) is 0. The summed E-state index contributed by atoms with van der Waals surface area (Å²) >= 11 is -1.79. The van der Waals surface area contributed by atoms with Crippen LogP contribution in [0.3, 0.4) is 0 Å². The molecule has 0 fully saturated rings. The Morgan fingerprint density at radius 2 is 1.00 bits per heavy atom. The van der Waals surface area contributed by atoms with Crippen LogP contribution in [0.5, 0.6) is 0 Å². The van der Waals surface area contributed by atoms with Crippen molar-refractivity contribution >= 4 is 0 Å². The fourth-order valence-electron chi connectivity index (χ4n) is 0. The molecule has 0 radical (unpaired) electrons. The van der Waals surface area contributed by atoms with E-state index in [4.69, 9.17) is 15.2 Å². The zero-order valence-electron chi connectivity index (χ0n) is 2.39. The molecule has 0 aliphatic heterocycles.